The van der Waals surface area contributed by atoms with Crippen molar-refractivity contribution in [2.45, 2.75) is 6.92 Å². The number of ketones is 1. The van der Waals surface area contributed by atoms with Gasteiger partial charge in [0.05, 0.1) is 0 Å². The first-order valence-electron chi connectivity index (χ1n) is 4.50. The average molecular weight is 189 g/mol. The van der Waals surface area contributed by atoms with Crippen molar-refractivity contribution in [2.75, 3.05) is 19.0 Å². The highest BCUT2D eigenvalue weighted by atomic mass is 16.1. The van der Waals surface area contributed by atoms with Gasteiger partial charge < -0.3 is 4.90 Å². The van der Waals surface area contributed by atoms with Crippen LogP contribution in [0.25, 0.3) is 0 Å². The number of hydrogen-bond donors (Lipinski definition) is 0. The van der Waals surface area contributed by atoms with E-state index in [0.29, 0.717) is 11.1 Å². The maximum Gasteiger partial charge on any atom is 0.188 e. The number of hydrogen-bond acceptors (Lipinski definition) is 2. The molecule has 0 saturated carbocycles. The molecule has 0 heterocycles. The standard InChI is InChI=1S/C12H15NO/c1-9(2)12(14)10-6-5-7-11(8-10)13(3)4/h5-8H,1H2,2-4H3. The summed E-state index contributed by atoms with van der Waals surface area (Å²) >= 11 is 0. The van der Waals surface area contributed by atoms with E-state index in [0.717, 1.165) is 5.69 Å². The lowest BCUT2D eigenvalue weighted by Gasteiger charge is -2.13. The molecule has 2 nitrogen and oxygen atoms in total. The maximum absolute atomic E-state index is 11.6. The van der Waals surface area contributed by atoms with E-state index in [2.05, 4.69) is 6.58 Å². The number of carbonyl (C=O) groups excluding carboxylic acids is 1. The molecule has 1 aromatic carbocycles. The normalized spacial score (nSPS) is 9.64. The van der Waals surface area contributed by atoms with Crippen molar-refractivity contribution in [3.63, 3.8) is 0 Å². The summed E-state index contributed by atoms with van der Waals surface area (Å²) < 4.78 is 0. The number of nitrogens with zero attached hydrogens (tertiary/aromatic N) is 1. The Labute approximate surface area is 84.9 Å². The van der Waals surface area contributed by atoms with Gasteiger partial charge in [-0.2, -0.15) is 0 Å². The van der Waals surface area contributed by atoms with Crippen LogP contribution in [-0.4, -0.2) is 19.9 Å². The van der Waals surface area contributed by atoms with Crippen LogP contribution in [0.5, 0.6) is 0 Å². The van der Waals surface area contributed by atoms with Gasteiger partial charge in [-0.25, -0.2) is 0 Å². The van der Waals surface area contributed by atoms with Crippen molar-refractivity contribution in [2.24, 2.45) is 0 Å². The summed E-state index contributed by atoms with van der Waals surface area (Å²) in [5, 5.41) is 0. The lowest BCUT2D eigenvalue weighted by molar-refractivity contribution is 0.103. The Balaban J connectivity index is 3.06. The Morgan fingerprint density at radius 1 is 1.36 bits per heavy atom. The Bertz CT molecular complexity index is 366. The van der Waals surface area contributed by atoms with Crippen LogP contribution in [-0.2, 0) is 0 Å². The SMILES string of the molecule is C=C(C)C(=O)c1cccc(N(C)C)c1. The fourth-order valence-electron chi connectivity index (χ4n) is 1.17. The Morgan fingerprint density at radius 2 is 2.00 bits per heavy atom. The molecule has 0 radical (unpaired) electrons. The number of carbonyl (C=O) groups is 1. The molecule has 1 aromatic rings. The van der Waals surface area contributed by atoms with Crippen LogP contribution in [0.3, 0.4) is 0 Å². The van der Waals surface area contributed by atoms with Crippen LogP contribution >= 0.6 is 0 Å². The molecule has 0 atom stereocenters. The van der Waals surface area contributed by atoms with E-state index in [4.69, 9.17) is 0 Å². The van der Waals surface area contributed by atoms with Gasteiger partial charge in [-0.15, -0.1) is 0 Å². The predicted octanol–water partition coefficient (Wildman–Crippen LogP) is 2.51. The van der Waals surface area contributed by atoms with Gasteiger partial charge >= 0.3 is 0 Å². The molecule has 0 spiro atoms. The molecule has 0 fully saturated rings. The average Bonchev–Trinajstić information content (AvgIpc) is 2.16. The quantitative estimate of drug-likeness (QED) is 0.538. The molecule has 0 amide bonds. The van der Waals surface area contributed by atoms with Gasteiger partial charge in [0.1, 0.15) is 0 Å². The maximum atomic E-state index is 11.6. The number of benzene rings is 1. The Morgan fingerprint density at radius 3 is 2.50 bits per heavy atom. The molecule has 0 bridgehead atoms. The molecule has 14 heavy (non-hydrogen) atoms. The molecule has 0 saturated heterocycles. The van der Waals surface area contributed by atoms with E-state index < -0.39 is 0 Å². The van der Waals surface area contributed by atoms with Crippen LogP contribution < -0.4 is 4.90 Å². The first-order valence-corrected chi connectivity index (χ1v) is 4.50. The van der Waals surface area contributed by atoms with Crippen molar-refractivity contribution in [1.29, 1.82) is 0 Å². The summed E-state index contributed by atoms with van der Waals surface area (Å²) in [6.45, 7) is 5.37. The van der Waals surface area contributed by atoms with E-state index in [1.165, 1.54) is 0 Å². The number of Topliss-reactive ketones (excluding diaryl/α,β-unsaturated/α-hetero) is 1. The summed E-state index contributed by atoms with van der Waals surface area (Å²) in [5.74, 6) is 0.00806. The second kappa shape index (κ2) is 4.09. The van der Waals surface area contributed by atoms with Crippen LogP contribution in [0.2, 0.25) is 0 Å². The van der Waals surface area contributed by atoms with Crippen molar-refractivity contribution < 1.29 is 4.79 Å². The third-order valence-corrected chi connectivity index (χ3v) is 2.01. The minimum absolute atomic E-state index is 0.00806. The molecule has 0 aliphatic heterocycles. The van der Waals surface area contributed by atoms with Gasteiger partial charge in [-0.1, -0.05) is 18.7 Å². The smallest absolute Gasteiger partial charge is 0.188 e. The predicted molar refractivity (Wildman–Crippen MR) is 59.9 cm³/mol. The van der Waals surface area contributed by atoms with Crippen molar-refractivity contribution in [1.82, 2.24) is 0 Å². The molecule has 74 valence electrons. The Hall–Kier alpha value is -1.57. The molecular weight excluding hydrogens is 174 g/mol. The van der Waals surface area contributed by atoms with E-state index in [1.54, 1.807) is 6.92 Å². The Kier molecular flexibility index (Phi) is 3.07. The van der Waals surface area contributed by atoms with Crippen LogP contribution in [0.4, 0.5) is 5.69 Å². The number of anilines is 1. The van der Waals surface area contributed by atoms with Gasteiger partial charge in [0.15, 0.2) is 5.78 Å². The summed E-state index contributed by atoms with van der Waals surface area (Å²) in [6, 6.07) is 7.53. The van der Waals surface area contributed by atoms with Gasteiger partial charge in [-0.3, -0.25) is 4.79 Å². The third-order valence-electron chi connectivity index (χ3n) is 2.01. The molecule has 0 aliphatic rings. The minimum Gasteiger partial charge on any atom is -0.378 e. The topological polar surface area (TPSA) is 20.3 Å². The zero-order valence-corrected chi connectivity index (χ0v) is 8.87. The highest BCUT2D eigenvalue weighted by Gasteiger charge is 2.06. The first-order chi connectivity index (χ1) is 6.52. The molecule has 0 N–H and O–H groups in total. The molecule has 2 heteroatoms. The molecule has 1 rings (SSSR count). The molecule has 0 unspecified atom stereocenters. The van der Waals surface area contributed by atoms with Gasteiger partial charge in [-0.05, 0) is 24.6 Å². The summed E-state index contributed by atoms with van der Waals surface area (Å²) in [6.07, 6.45) is 0. The molecule has 0 aliphatic carbocycles. The van der Waals surface area contributed by atoms with Crippen molar-refractivity contribution >= 4 is 11.5 Å². The second-order valence-electron chi connectivity index (χ2n) is 3.55. The largest absolute Gasteiger partial charge is 0.378 e. The van der Waals surface area contributed by atoms with E-state index in [-0.39, 0.29) is 5.78 Å². The third kappa shape index (κ3) is 2.22. The zero-order chi connectivity index (χ0) is 10.7. The van der Waals surface area contributed by atoms with E-state index in [9.17, 15) is 4.79 Å². The lowest BCUT2D eigenvalue weighted by atomic mass is 10.1. The lowest BCUT2D eigenvalue weighted by Crippen LogP contribution is -2.09. The number of allylic oxidation sites excluding steroid dienone is 1. The summed E-state index contributed by atoms with van der Waals surface area (Å²) in [7, 11) is 3.90. The zero-order valence-electron chi connectivity index (χ0n) is 8.87. The van der Waals surface area contributed by atoms with E-state index in [1.807, 2.05) is 43.3 Å². The monoisotopic (exact) mass is 189 g/mol. The van der Waals surface area contributed by atoms with Crippen molar-refractivity contribution in [3.8, 4) is 0 Å². The second-order valence-corrected chi connectivity index (χ2v) is 3.55. The summed E-state index contributed by atoms with van der Waals surface area (Å²) in [4.78, 5) is 13.6. The fraction of sp³-hybridized carbons (Fsp3) is 0.250. The highest BCUT2D eigenvalue weighted by Crippen LogP contribution is 2.15. The fourth-order valence-corrected chi connectivity index (χ4v) is 1.17. The van der Waals surface area contributed by atoms with Gasteiger partial charge in [0.2, 0.25) is 0 Å². The van der Waals surface area contributed by atoms with E-state index >= 15 is 0 Å². The van der Waals surface area contributed by atoms with Crippen LogP contribution in [0.1, 0.15) is 17.3 Å². The number of rotatable bonds is 3. The minimum atomic E-state index is 0.00806. The first kappa shape index (κ1) is 10.5. The highest BCUT2D eigenvalue weighted by molar-refractivity contribution is 6.08. The van der Waals surface area contributed by atoms with Gasteiger partial charge in [0, 0.05) is 25.3 Å². The molecular formula is C12H15NO. The van der Waals surface area contributed by atoms with Crippen LogP contribution in [0, 0.1) is 0 Å². The van der Waals surface area contributed by atoms with Crippen molar-refractivity contribution in [3.05, 3.63) is 42.0 Å². The van der Waals surface area contributed by atoms with Crippen LogP contribution in [0.15, 0.2) is 36.4 Å². The summed E-state index contributed by atoms with van der Waals surface area (Å²) in [5.41, 5.74) is 2.29. The molecule has 0 aromatic heterocycles. The van der Waals surface area contributed by atoms with Gasteiger partial charge in [0.25, 0.3) is 0 Å².